The summed E-state index contributed by atoms with van der Waals surface area (Å²) in [5.41, 5.74) is 1.31. The lowest BCUT2D eigenvalue weighted by Crippen LogP contribution is -2.51. The Kier molecular flexibility index (Phi) is 4.68. The Morgan fingerprint density at radius 3 is 2.38 bits per heavy atom. The number of hydrogen-bond donors (Lipinski definition) is 0. The summed E-state index contributed by atoms with van der Waals surface area (Å²) in [6.45, 7) is 5.84. The van der Waals surface area contributed by atoms with Crippen LogP contribution >= 0.6 is 0 Å². The van der Waals surface area contributed by atoms with Crippen LogP contribution in [0, 0.1) is 11.8 Å². The quantitative estimate of drug-likeness (QED) is 0.828. The van der Waals surface area contributed by atoms with Gasteiger partial charge in [0.05, 0.1) is 14.2 Å². The van der Waals surface area contributed by atoms with Gasteiger partial charge in [0, 0.05) is 38.8 Å². The van der Waals surface area contributed by atoms with Crippen molar-refractivity contribution in [3.05, 3.63) is 23.8 Å². The fraction of sp³-hybridized carbons (Fsp3) is 0.700. The first-order chi connectivity index (χ1) is 11.8. The molecule has 1 heterocycles. The van der Waals surface area contributed by atoms with Crippen LogP contribution in [0.1, 0.15) is 31.2 Å². The fourth-order valence-corrected chi connectivity index (χ4v) is 5.15. The third-order valence-corrected chi connectivity index (χ3v) is 6.43. The van der Waals surface area contributed by atoms with E-state index in [0.29, 0.717) is 0 Å². The molecule has 1 aliphatic heterocycles. The highest BCUT2D eigenvalue weighted by Gasteiger charge is 2.42. The maximum absolute atomic E-state index is 5.43. The number of benzene rings is 1. The van der Waals surface area contributed by atoms with Crippen LogP contribution < -0.4 is 9.47 Å². The summed E-state index contributed by atoms with van der Waals surface area (Å²) in [6, 6.07) is 7.18. The van der Waals surface area contributed by atoms with Crippen LogP contribution in [-0.2, 0) is 6.54 Å². The highest BCUT2D eigenvalue weighted by molar-refractivity contribution is 5.42. The van der Waals surface area contributed by atoms with Crippen molar-refractivity contribution < 1.29 is 9.47 Å². The lowest BCUT2D eigenvalue weighted by molar-refractivity contribution is 0.0679. The summed E-state index contributed by atoms with van der Waals surface area (Å²) in [6.07, 6.45) is 5.97. The molecular formula is C20H30N2O2. The topological polar surface area (TPSA) is 24.9 Å². The smallest absolute Gasteiger partial charge is 0.161 e. The van der Waals surface area contributed by atoms with Gasteiger partial charge in [0.15, 0.2) is 11.5 Å². The van der Waals surface area contributed by atoms with Crippen molar-refractivity contribution in [1.82, 2.24) is 9.80 Å². The van der Waals surface area contributed by atoms with Crippen molar-refractivity contribution in [2.75, 3.05) is 40.4 Å². The molecular weight excluding hydrogens is 300 g/mol. The first-order valence-corrected chi connectivity index (χ1v) is 9.44. The number of fused-ring (bicyclic) bond motifs is 2. The molecule has 132 valence electrons. The van der Waals surface area contributed by atoms with Crippen LogP contribution in [0.2, 0.25) is 0 Å². The second-order valence-corrected chi connectivity index (χ2v) is 7.74. The minimum Gasteiger partial charge on any atom is -0.493 e. The predicted octanol–water partition coefficient (Wildman–Crippen LogP) is 3.01. The Morgan fingerprint density at radius 2 is 1.75 bits per heavy atom. The first-order valence-electron chi connectivity index (χ1n) is 9.44. The average Bonchev–Trinajstić information content (AvgIpc) is 3.25. The number of rotatable bonds is 5. The van der Waals surface area contributed by atoms with E-state index < -0.39 is 0 Å². The van der Waals surface area contributed by atoms with Crippen LogP contribution in [-0.4, -0.2) is 56.2 Å². The first kappa shape index (κ1) is 16.2. The zero-order valence-electron chi connectivity index (χ0n) is 15.0. The zero-order valence-corrected chi connectivity index (χ0v) is 15.0. The van der Waals surface area contributed by atoms with Gasteiger partial charge in [-0.25, -0.2) is 0 Å². The Hall–Kier alpha value is -1.26. The Balaban J connectivity index is 1.32. The van der Waals surface area contributed by atoms with Gasteiger partial charge in [0.2, 0.25) is 0 Å². The van der Waals surface area contributed by atoms with E-state index in [1.807, 2.05) is 6.07 Å². The van der Waals surface area contributed by atoms with Crippen LogP contribution in [0.25, 0.3) is 0 Å². The van der Waals surface area contributed by atoms with Gasteiger partial charge >= 0.3 is 0 Å². The summed E-state index contributed by atoms with van der Waals surface area (Å²) in [4.78, 5) is 5.36. The van der Waals surface area contributed by atoms with E-state index in [9.17, 15) is 0 Å². The fourth-order valence-electron chi connectivity index (χ4n) is 5.15. The maximum atomic E-state index is 5.43. The van der Waals surface area contributed by atoms with E-state index in [0.717, 1.165) is 35.9 Å². The SMILES string of the molecule is COc1ccc(CN2CCN([C@@H]3C[C@@H]4CC[C@H]3C4)CC2)cc1OC. The number of nitrogens with zero attached hydrogens (tertiary/aromatic N) is 2. The van der Waals surface area contributed by atoms with Crippen molar-refractivity contribution in [1.29, 1.82) is 0 Å². The van der Waals surface area contributed by atoms with E-state index in [1.54, 1.807) is 14.2 Å². The van der Waals surface area contributed by atoms with Gasteiger partial charge in [-0.05, 0) is 48.8 Å². The molecule has 1 saturated heterocycles. The molecule has 3 aliphatic rings. The average molecular weight is 330 g/mol. The minimum absolute atomic E-state index is 0.808. The van der Waals surface area contributed by atoms with Crippen LogP contribution in [0.3, 0.4) is 0 Å². The number of hydrogen-bond acceptors (Lipinski definition) is 4. The molecule has 3 fully saturated rings. The summed E-state index contributed by atoms with van der Waals surface area (Å²) in [7, 11) is 3.39. The molecule has 1 aromatic rings. The Labute approximate surface area is 145 Å². The number of piperazine rings is 1. The Bertz CT molecular complexity index is 569. The summed E-state index contributed by atoms with van der Waals surface area (Å²) < 4.78 is 10.8. The van der Waals surface area contributed by atoms with Crippen molar-refractivity contribution >= 4 is 0 Å². The molecule has 0 amide bonds. The molecule has 1 aromatic carbocycles. The van der Waals surface area contributed by atoms with Crippen LogP contribution in [0.5, 0.6) is 11.5 Å². The van der Waals surface area contributed by atoms with Crippen molar-refractivity contribution in [2.24, 2.45) is 11.8 Å². The molecule has 0 unspecified atom stereocenters. The van der Waals surface area contributed by atoms with Gasteiger partial charge in [-0.3, -0.25) is 9.80 Å². The molecule has 4 heteroatoms. The van der Waals surface area contributed by atoms with E-state index in [-0.39, 0.29) is 0 Å². The third kappa shape index (κ3) is 3.14. The lowest BCUT2D eigenvalue weighted by Gasteiger charge is -2.41. The number of methoxy groups -OCH3 is 2. The van der Waals surface area contributed by atoms with E-state index in [4.69, 9.17) is 9.47 Å². The van der Waals surface area contributed by atoms with Gasteiger partial charge < -0.3 is 9.47 Å². The monoisotopic (exact) mass is 330 g/mol. The summed E-state index contributed by atoms with van der Waals surface area (Å²) in [5, 5.41) is 0. The molecule has 24 heavy (non-hydrogen) atoms. The molecule has 2 saturated carbocycles. The van der Waals surface area contributed by atoms with Gasteiger partial charge in [-0.2, -0.15) is 0 Å². The highest BCUT2D eigenvalue weighted by atomic mass is 16.5. The maximum Gasteiger partial charge on any atom is 0.161 e. The molecule has 0 radical (unpaired) electrons. The van der Waals surface area contributed by atoms with E-state index in [2.05, 4.69) is 21.9 Å². The lowest BCUT2D eigenvalue weighted by atomic mass is 9.93. The van der Waals surface area contributed by atoms with Gasteiger partial charge in [-0.1, -0.05) is 12.5 Å². The standard InChI is InChI=1S/C20H30N2O2/c1-23-19-6-4-16(13-20(19)24-2)14-21-7-9-22(10-8-21)18-12-15-3-5-17(18)11-15/h4,6,13,15,17-18H,3,5,7-12,14H2,1-2H3/t15-,17+,18-/m1/s1. The zero-order chi connectivity index (χ0) is 16.5. The molecule has 2 bridgehead atoms. The molecule has 4 rings (SSSR count). The van der Waals surface area contributed by atoms with E-state index >= 15 is 0 Å². The second kappa shape index (κ2) is 6.93. The van der Waals surface area contributed by atoms with E-state index in [1.165, 1.54) is 57.4 Å². The normalized spacial score (nSPS) is 30.7. The molecule has 0 spiro atoms. The predicted molar refractivity (Wildman–Crippen MR) is 95.6 cm³/mol. The van der Waals surface area contributed by atoms with Gasteiger partial charge in [0.25, 0.3) is 0 Å². The van der Waals surface area contributed by atoms with Gasteiger partial charge in [-0.15, -0.1) is 0 Å². The highest BCUT2D eigenvalue weighted by Crippen LogP contribution is 2.46. The third-order valence-electron chi connectivity index (χ3n) is 6.43. The molecule has 4 nitrogen and oxygen atoms in total. The largest absolute Gasteiger partial charge is 0.493 e. The summed E-state index contributed by atoms with van der Waals surface area (Å²) >= 11 is 0. The Morgan fingerprint density at radius 1 is 0.958 bits per heavy atom. The second-order valence-electron chi connectivity index (χ2n) is 7.74. The van der Waals surface area contributed by atoms with Crippen molar-refractivity contribution in [2.45, 2.75) is 38.3 Å². The molecule has 0 N–H and O–H groups in total. The molecule has 2 aliphatic carbocycles. The van der Waals surface area contributed by atoms with Crippen molar-refractivity contribution in [3.8, 4) is 11.5 Å². The minimum atomic E-state index is 0.808. The number of ether oxygens (including phenoxy) is 2. The van der Waals surface area contributed by atoms with Crippen molar-refractivity contribution in [3.63, 3.8) is 0 Å². The van der Waals surface area contributed by atoms with Crippen LogP contribution in [0.15, 0.2) is 18.2 Å². The van der Waals surface area contributed by atoms with Gasteiger partial charge in [0.1, 0.15) is 0 Å². The molecule has 3 atom stereocenters. The molecule has 0 aromatic heterocycles. The van der Waals surface area contributed by atoms with Crippen LogP contribution in [0.4, 0.5) is 0 Å². The summed E-state index contributed by atoms with van der Waals surface area (Å²) in [5.74, 6) is 3.69.